The van der Waals surface area contributed by atoms with Crippen LogP contribution in [0.5, 0.6) is 0 Å². The number of carbonyl (C=O) groups is 2. The molecule has 5 nitrogen and oxygen atoms in total. The highest BCUT2D eigenvalue weighted by molar-refractivity contribution is 9.10. The van der Waals surface area contributed by atoms with Crippen LogP contribution >= 0.6 is 15.9 Å². The van der Waals surface area contributed by atoms with Gasteiger partial charge in [0.15, 0.2) is 5.82 Å². The number of carboxylic acids is 1. The minimum atomic E-state index is -1.18. The van der Waals surface area contributed by atoms with Crippen molar-refractivity contribution < 1.29 is 23.5 Å². The van der Waals surface area contributed by atoms with E-state index in [0.29, 0.717) is 6.07 Å². The molecule has 0 saturated heterocycles. The minimum absolute atomic E-state index is 0.0375. The van der Waals surface area contributed by atoms with Crippen molar-refractivity contribution in [2.45, 2.75) is 0 Å². The zero-order valence-electron chi connectivity index (χ0n) is 10.2. The fourth-order valence-electron chi connectivity index (χ4n) is 1.49. The molecule has 2 N–H and O–H groups in total. The van der Waals surface area contributed by atoms with Crippen LogP contribution in [-0.4, -0.2) is 22.0 Å². The van der Waals surface area contributed by atoms with Crippen molar-refractivity contribution in [3.8, 4) is 0 Å². The lowest BCUT2D eigenvalue weighted by Crippen LogP contribution is -2.15. The average Bonchev–Trinajstić information content (AvgIpc) is 2.42. The van der Waals surface area contributed by atoms with E-state index >= 15 is 0 Å². The zero-order valence-corrected chi connectivity index (χ0v) is 11.8. The van der Waals surface area contributed by atoms with Crippen molar-refractivity contribution in [3.63, 3.8) is 0 Å². The number of benzene rings is 1. The number of pyridine rings is 1. The Kier molecular flexibility index (Phi) is 4.27. The van der Waals surface area contributed by atoms with Crippen LogP contribution in [-0.2, 0) is 0 Å². The molecule has 0 radical (unpaired) electrons. The maximum absolute atomic E-state index is 13.6. The van der Waals surface area contributed by atoms with Crippen LogP contribution in [0.4, 0.5) is 14.5 Å². The summed E-state index contributed by atoms with van der Waals surface area (Å²) in [6.07, 6.45) is 1.01. The van der Waals surface area contributed by atoms with Gasteiger partial charge < -0.3 is 10.4 Å². The van der Waals surface area contributed by atoms with Gasteiger partial charge in [-0.3, -0.25) is 9.78 Å². The summed E-state index contributed by atoms with van der Waals surface area (Å²) < 4.78 is 26.6. The number of carboxylic acid groups (broad SMARTS) is 1. The van der Waals surface area contributed by atoms with Crippen LogP contribution in [0.2, 0.25) is 0 Å². The molecular formula is C13H7BrF2N2O3. The first kappa shape index (κ1) is 15.0. The second-order valence-electron chi connectivity index (χ2n) is 3.94. The molecule has 8 heteroatoms. The molecular weight excluding hydrogens is 350 g/mol. The maximum atomic E-state index is 13.6. The number of hydrogen-bond donors (Lipinski definition) is 2. The van der Waals surface area contributed by atoms with Gasteiger partial charge >= 0.3 is 5.97 Å². The van der Waals surface area contributed by atoms with Crippen molar-refractivity contribution >= 4 is 33.5 Å². The Bertz CT molecular complexity index is 697. The molecule has 0 bridgehead atoms. The van der Waals surface area contributed by atoms with E-state index in [2.05, 4.69) is 26.2 Å². The molecule has 1 aromatic heterocycles. The van der Waals surface area contributed by atoms with E-state index in [9.17, 15) is 18.4 Å². The summed E-state index contributed by atoms with van der Waals surface area (Å²) in [7, 11) is 0. The maximum Gasteiger partial charge on any atom is 0.337 e. The average molecular weight is 357 g/mol. The second-order valence-corrected chi connectivity index (χ2v) is 4.79. The summed E-state index contributed by atoms with van der Waals surface area (Å²) in [5.74, 6) is -3.67. The molecule has 108 valence electrons. The van der Waals surface area contributed by atoms with E-state index in [0.717, 1.165) is 12.3 Å². The van der Waals surface area contributed by atoms with Gasteiger partial charge in [0.2, 0.25) is 0 Å². The lowest BCUT2D eigenvalue weighted by Gasteiger charge is -2.08. The number of carbonyl (C=O) groups excluding carboxylic acids is 1. The van der Waals surface area contributed by atoms with Gasteiger partial charge in [0, 0.05) is 16.7 Å². The number of nitrogens with zero attached hydrogens (tertiary/aromatic N) is 1. The molecule has 21 heavy (non-hydrogen) atoms. The summed E-state index contributed by atoms with van der Waals surface area (Å²) in [6.45, 7) is 0. The highest BCUT2D eigenvalue weighted by Gasteiger charge is 2.15. The largest absolute Gasteiger partial charge is 0.478 e. The standard InChI is InChI=1S/C13H7BrF2N2O3/c14-8-3-7(15)4-9(16)11(8)18-12(19)10-2-1-6(5-17-10)13(20)21/h1-5H,(H,18,19)(H,20,21). The van der Waals surface area contributed by atoms with Gasteiger partial charge in [0.25, 0.3) is 5.91 Å². The Morgan fingerprint density at radius 2 is 1.95 bits per heavy atom. The lowest BCUT2D eigenvalue weighted by molar-refractivity contribution is 0.0696. The number of hydrogen-bond acceptors (Lipinski definition) is 3. The van der Waals surface area contributed by atoms with Crippen LogP contribution in [0.15, 0.2) is 34.9 Å². The first-order valence-electron chi connectivity index (χ1n) is 5.53. The first-order valence-corrected chi connectivity index (χ1v) is 6.33. The molecule has 1 aromatic carbocycles. The van der Waals surface area contributed by atoms with E-state index in [1.807, 2.05) is 0 Å². The molecule has 0 unspecified atom stereocenters. The Labute approximate surface area is 125 Å². The predicted octanol–water partition coefficient (Wildman–Crippen LogP) is 3.07. The van der Waals surface area contributed by atoms with Crippen LogP contribution in [0.1, 0.15) is 20.8 Å². The van der Waals surface area contributed by atoms with Crippen molar-refractivity contribution in [1.29, 1.82) is 0 Å². The van der Waals surface area contributed by atoms with Crippen LogP contribution in [0.25, 0.3) is 0 Å². The van der Waals surface area contributed by atoms with E-state index < -0.39 is 23.5 Å². The van der Waals surface area contributed by atoms with Crippen molar-refractivity contribution in [2.24, 2.45) is 0 Å². The van der Waals surface area contributed by atoms with Crippen LogP contribution in [0.3, 0.4) is 0 Å². The number of aromatic nitrogens is 1. The third-order valence-electron chi connectivity index (χ3n) is 2.49. The quantitative estimate of drug-likeness (QED) is 0.885. The molecule has 0 fully saturated rings. The number of amides is 1. The van der Waals surface area contributed by atoms with E-state index in [1.165, 1.54) is 12.1 Å². The van der Waals surface area contributed by atoms with Gasteiger partial charge in [-0.1, -0.05) is 0 Å². The lowest BCUT2D eigenvalue weighted by atomic mass is 10.2. The van der Waals surface area contributed by atoms with E-state index in [1.54, 1.807) is 0 Å². The van der Waals surface area contributed by atoms with Crippen LogP contribution in [0, 0.1) is 11.6 Å². The Morgan fingerprint density at radius 3 is 2.48 bits per heavy atom. The number of rotatable bonds is 3. The molecule has 2 rings (SSSR count). The Hall–Kier alpha value is -2.35. The predicted molar refractivity (Wildman–Crippen MR) is 73.2 cm³/mol. The van der Waals surface area contributed by atoms with Gasteiger partial charge in [-0.15, -0.1) is 0 Å². The second kappa shape index (κ2) is 5.96. The van der Waals surface area contributed by atoms with Gasteiger partial charge in [0.1, 0.15) is 11.5 Å². The third kappa shape index (κ3) is 3.40. The molecule has 2 aromatic rings. The molecule has 0 atom stereocenters. The summed E-state index contributed by atoms with van der Waals surface area (Å²) in [6, 6.07) is 4.01. The first-order chi connectivity index (χ1) is 9.88. The van der Waals surface area contributed by atoms with Gasteiger partial charge in [-0.05, 0) is 34.1 Å². The molecule has 1 amide bonds. The summed E-state index contributed by atoms with van der Waals surface area (Å²) in [5, 5.41) is 10.9. The normalized spacial score (nSPS) is 10.2. The fourth-order valence-corrected chi connectivity index (χ4v) is 2.00. The summed E-state index contributed by atoms with van der Waals surface area (Å²) >= 11 is 2.94. The fraction of sp³-hybridized carbons (Fsp3) is 0. The molecule has 0 aliphatic heterocycles. The van der Waals surface area contributed by atoms with Gasteiger partial charge in [0.05, 0.1) is 11.3 Å². The highest BCUT2D eigenvalue weighted by atomic mass is 79.9. The smallest absolute Gasteiger partial charge is 0.337 e. The Morgan fingerprint density at radius 1 is 1.24 bits per heavy atom. The number of halogens is 3. The molecule has 0 spiro atoms. The highest BCUT2D eigenvalue weighted by Crippen LogP contribution is 2.27. The van der Waals surface area contributed by atoms with Gasteiger partial charge in [-0.25, -0.2) is 13.6 Å². The van der Waals surface area contributed by atoms with Crippen molar-refractivity contribution in [2.75, 3.05) is 5.32 Å². The molecule has 0 aliphatic rings. The third-order valence-corrected chi connectivity index (χ3v) is 3.11. The zero-order chi connectivity index (χ0) is 15.6. The Balaban J connectivity index is 2.24. The monoisotopic (exact) mass is 356 g/mol. The van der Waals surface area contributed by atoms with Crippen LogP contribution < -0.4 is 5.32 Å². The van der Waals surface area contributed by atoms with E-state index in [4.69, 9.17) is 5.11 Å². The number of anilines is 1. The summed E-state index contributed by atoms with van der Waals surface area (Å²) in [5.41, 5.74) is -0.415. The minimum Gasteiger partial charge on any atom is -0.478 e. The molecule has 1 heterocycles. The summed E-state index contributed by atoms with van der Waals surface area (Å²) in [4.78, 5) is 26.2. The molecule has 0 saturated carbocycles. The molecule has 0 aliphatic carbocycles. The topological polar surface area (TPSA) is 79.3 Å². The van der Waals surface area contributed by atoms with E-state index in [-0.39, 0.29) is 21.4 Å². The SMILES string of the molecule is O=C(O)c1ccc(C(=O)Nc2c(F)cc(F)cc2Br)nc1. The van der Waals surface area contributed by atoms with Crippen molar-refractivity contribution in [3.05, 3.63) is 57.8 Å². The number of nitrogens with one attached hydrogen (secondary N) is 1. The van der Waals surface area contributed by atoms with Gasteiger partial charge in [-0.2, -0.15) is 0 Å². The van der Waals surface area contributed by atoms with Crippen molar-refractivity contribution in [1.82, 2.24) is 4.98 Å². The number of aromatic carboxylic acids is 1.